The molecule has 3 heteroatoms. The Kier molecular flexibility index (Phi) is 7.18. The van der Waals surface area contributed by atoms with Crippen molar-refractivity contribution in [3.63, 3.8) is 0 Å². The first-order chi connectivity index (χ1) is 9.40. The van der Waals surface area contributed by atoms with Gasteiger partial charge in [-0.1, -0.05) is 26.2 Å². The second-order valence-electron chi connectivity index (χ2n) is 6.16. The Balaban J connectivity index is 1.66. The van der Waals surface area contributed by atoms with Crippen molar-refractivity contribution in [1.82, 2.24) is 5.32 Å². The molecule has 1 heterocycles. The van der Waals surface area contributed by atoms with Crippen molar-refractivity contribution >= 4 is 0 Å². The standard InChI is InChI=1S/C16H31NO2/c1-2-17-16(15-6-4-3-5-7-15)13-19-12-14-8-10-18-11-9-14/h14-17H,2-13H2,1H3. The van der Waals surface area contributed by atoms with Gasteiger partial charge in [-0.15, -0.1) is 0 Å². The van der Waals surface area contributed by atoms with Crippen LogP contribution in [0.5, 0.6) is 0 Å². The summed E-state index contributed by atoms with van der Waals surface area (Å²) < 4.78 is 11.4. The topological polar surface area (TPSA) is 30.5 Å². The average Bonchev–Trinajstić information content (AvgIpc) is 2.48. The number of ether oxygens (including phenoxy) is 2. The van der Waals surface area contributed by atoms with Crippen molar-refractivity contribution < 1.29 is 9.47 Å². The van der Waals surface area contributed by atoms with Gasteiger partial charge in [-0.2, -0.15) is 0 Å². The maximum atomic E-state index is 6.02. The lowest BCUT2D eigenvalue weighted by molar-refractivity contribution is 0.00926. The zero-order valence-electron chi connectivity index (χ0n) is 12.5. The summed E-state index contributed by atoms with van der Waals surface area (Å²) >= 11 is 0. The van der Waals surface area contributed by atoms with Crippen LogP contribution < -0.4 is 5.32 Å². The largest absolute Gasteiger partial charge is 0.381 e. The molecule has 1 aliphatic heterocycles. The van der Waals surface area contributed by atoms with Crippen LogP contribution in [-0.2, 0) is 9.47 Å². The zero-order chi connectivity index (χ0) is 13.3. The van der Waals surface area contributed by atoms with Crippen molar-refractivity contribution in [2.24, 2.45) is 11.8 Å². The van der Waals surface area contributed by atoms with E-state index in [9.17, 15) is 0 Å². The normalized spacial score (nSPS) is 24.5. The molecule has 1 saturated heterocycles. The van der Waals surface area contributed by atoms with E-state index in [1.54, 1.807) is 0 Å². The summed E-state index contributed by atoms with van der Waals surface area (Å²) in [4.78, 5) is 0. The zero-order valence-corrected chi connectivity index (χ0v) is 12.5. The molecule has 1 atom stereocenters. The second-order valence-corrected chi connectivity index (χ2v) is 6.16. The van der Waals surface area contributed by atoms with Gasteiger partial charge < -0.3 is 14.8 Å². The number of hydrogen-bond acceptors (Lipinski definition) is 3. The van der Waals surface area contributed by atoms with Crippen LogP contribution >= 0.6 is 0 Å². The van der Waals surface area contributed by atoms with Gasteiger partial charge in [-0.25, -0.2) is 0 Å². The Morgan fingerprint density at radius 3 is 2.53 bits per heavy atom. The van der Waals surface area contributed by atoms with Gasteiger partial charge in [0.15, 0.2) is 0 Å². The molecule has 0 aromatic heterocycles. The SMILES string of the molecule is CCNC(COCC1CCOCC1)C1CCCCC1. The quantitative estimate of drug-likeness (QED) is 0.771. The Labute approximate surface area is 118 Å². The summed E-state index contributed by atoms with van der Waals surface area (Å²) in [5.74, 6) is 1.56. The lowest BCUT2D eigenvalue weighted by Gasteiger charge is -2.31. The van der Waals surface area contributed by atoms with E-state index in [1.807, 2.05) is 0 Å². The summed E-state index contributed by atoms with van der Waals surface area (Å²) in [5.41, 5.74) is 0. The van der Waals surface area contributed by atoms with Gasteiger partial charge in [0.1, 0.15) is 0 Å². The van der Waals surface area contributed by atoms with Crippen LogP contribution in [0.25, 0.3) is 0 Å². The van der Waals surface area contributed by atoms with Gasteiger partial charge in [-0.05, 0) is 44.1 Å². The van der Waals surface area contributed by atoms with Crippen LogP contribution in [0.3, 0.4) is 0 Å². The molecule has 0 aromatic carbocycles. The van der Waals surface area contributed by atoms with E-state index in [1.165, 1.54) is 44.9 Å². The molecule has 2 aliphatic rings. The minimum absolute atomic E-state index is 0.574. The van der Waals surface area contributed by atoms with Crippen molar-refractivity contribution in [3.8, 4) is 0 Å². The molecule has 0 aromatic rings. The fourth-order valence-electron chi connectivity index (χ4n) is 3.44. The van der Waals surface area contributed by atoms with E-state index in [4.69, 9.17) is 9.47 Å². The number of nitrogens with one attached hydrogen (secondary N) is 1. The van der Waals surface area contributed by atoms with Gasteiger partial charge in [0, 0.05) is 25.9 Å². The fraction of sp³-hybridized carbons (Fsp3) is 1.00. The van der Waals surface area contributed by atoms with Crippen molar-refractivity contribution in [3.05, 3.63) is 0 Å². The van der Waals surface area contributed by atoms with E-state index in [2.05, 4.69) is 12.2 Å². The summed E-state index contributed by atoms with van der Waals surface area (Å²) in [6.07, 6.45) is 9.37. The highest BCUT2D eigenvalue weighted by atomic mass is 16.5. The summed E-state index contributed by atoms with van der Waals surface area (Å²) in [6.45, 7) is 6.94. The minimum Gasteiger partial charge on any atom is -0.381 e. The molecule has 19 heavy (non-hydrogen) atoms. The maximum Gasteiger partial charge on any atom is 0.0622 e. The molecule has 2 fully saturated rings. The molecular weight excluding hydrogens is 238 g/mol. The molecule has 0 spiro atoms. The molecule has 1 unspecified atom stereocenters. The molecule has 2 rings (SSSR count). The molecular formula is C16H31NO2. The molecule has 1 saturated carbocycles. The Hall–Kier alpha value is -0.120. The van der Waals surface area contributed by atoms with Crippen LogP contribution in [0.2, 0.25) is 0 Å². The van der Waals surface area contributed by atoms with E-state index in [0.29, 0.717) is 6.04 Å². The first-order valence-corrected chi connectivity index (χ1v) is 8.29. The molecule has 1 aliphatic carbocycles. The van der Waals surface area contributed by atoms with Crippen LogP contribution in [0.15, 0.2) is 0 Å². The van der Waals surface area contributed by atoms with E-state index < -0.39 is 0 Å². The van der Waals surface area contributed by atoms with E-state index in [0.717, 1.165) is 44.8 Å². The molecule has 112 valence electrons. The van der Waals surface area contributed by atoms with E-state index >= 15 is 0 Å². The lowest BCUT2D eigenvalue weighted by atomic mass is 9.84. The predicted molar refractivity (Wildman–Crippen MR) is 78.4 cm³/mol. The molecule has 1 N–H and O–H groups in total. The lowest BCUT2D eigenvalue weighted by Crippen LogP contribution is -2.41. The molecule has 0 bridgehead atoms. The van der Waals surface area contributed by atoms with Crippen LogP contribution in [-0.4, -0.2) is 39.0 Å². The number of likely N-dealkylation sites (N-methyl/N-ethyl adjacent to an activating group) is 1. The minimum atomic E-state index is 0.574. The third kappa shape index (κ3) is 5.41. The van der Waals surface area contributed by atoms with Crippen LogP contribution in [0.4, 0.5) is 0 Å². The monoisotopic (exact) mass is 269 g/mol. The first kappa shape index (κ1) is 15.3. The third-order valence-corrected chi connectivity index (χ3v) is 4.68. The highest BCUT2D eigenvalue weighted by molar-refractivity contribution is 4.79. The van der Waals surface area contributed by atoms with Gasteiger partial charge >= 0.3 is 0 Å². The maximum absolute atomic E-state index is 6.02. The fourth-order valence-corrected chi connectivity index (χ4v) is 3.44. The van der Waals surface area contributed by atoms with Crippen LogP contribution in [0.1, 0.15) is 51.9 Å². The van der Waals surface area contributed by atoms with Gasteiger partial charge in [0.05, 0.1) is 6.61 Å². The number of rotatable bonds is 7. The molecule has 0 radical (unpaired) electrons. The summed E-state index contributed by atoms with van der Waals surface area (Å²) in [5, 5.41) is 3.64. The smallest absolute Gasteiger partial charge is 0.0622 e. The van der Waals surface area contributed by atoms with Crippen molar-refractivity contribution in [2.45, 2.75) is 57.9 Å². The molecule has 3 nitrogen and oxygen atoms in total. The van der Waals surface area contributed by atoms with E-state index in [-0.39, 0.29) is 0 Å². The predicted octanol–water partition coefficient (Wildman–Crippen LogP) is 2.99. The summed E-state index contributed by atoms with van der Waals surface area (Å²) in [7, 11) is 0. The van der Waals surface area contributed by atoms with Gasteiger partial charge in [0.2, 0.25) is 0 Å². The van der Waals surface area contributed by atoms with Crippen LogP contribution in [0, 0.1) is 11.8 Å². The Morgan fingerprint density at radius 1 is 1.11 bits per heavy atom. The third-order valence-electron chi connectivity index (χ3n) is 4.68. The first-order valence-electron chi connectivity index (χ1n) is 8.29. The second kappa shape index (κ2) is 8.93. The number of hydrogen-bond donors (Lipinski definition) is 1. The average molecular weight is 269 g/mol. The van der Waals surface area contributed by atoms with Gasteiger partial charge in [-0.3, -0.25) is 0 Å². The highest BCUT2D eigenvalue weighted by Crippen LogP contribution is 2.27. The Bertz CT molecular complexity index is 223. The van der Waals surface area contributed by atoms with Gasteiger partial charge in [0.25, 0.3) is 0 Å². The highest BCUT2D eigenvalue weighted by Gasteiger charge is 2.23. The Morgan fingerprint density at radius 2 is 1.84 bits per heavy atom. The van der Waals surface area contributed by atoms with Crippen molar-refractivity contribution in [1.29, 1.82) is 0 Å². The van der Waals surface area contributed by atoms with Crippen molar-refractivity contribution in [2.75, 3.05) is 33.0 Å². The molecule has 0 amide bonds. The summed E-state index contributed by atoms with van der Waals surface area (Å²) in [6, 6.07) is 0.574.